The van der Waals surface area contributed by atoms with E-state index in [-0.39, 0.29) is 29.9 Å². The number of esters is 1. The van der Waals surface area contributed by atoms with Crippen molar-refractivity contribution in [2.24, 2.45) is 11.8 Å². The Hall–Kier alpha value is -1.10. The van der Waals surface area contributed by atoms with Crippen LogP contribution < -0.4 is 10.6 Å². The van der Waals surface area contributed by atoms with Crippen LogP contribution in [0.15, 0.2) is 0 Å². The summed E-state index contributed by atoms with van der Waals surface area (Å²) < 4.78 is 5.10. The molecule has 23 heavy (non-hydrogen) atoms. The maximum atomic E-state index is 12.5. The molecule has 0 bridgehead atoms. The van der Waals surface area contributed by atoms with Crippen LogP contribution in [0, 0.1) is 11.8 Å². The first kappa shape index (κ1) is 16.7. The summed E-state index contributed by atoms with van der Waals surface area (Å²) >= 11 is 0. The van der Waals surface area contributed by atoms with Gasteiger partial charge in [-0.2, -0.15) is 0 Å². The van der Waals surface area contributed by atoms with E-state index < -0.39 is 0 Å². The smallest absolute Gasteiger partial charge is 0.308 e. The number of ether oxygens (including phenoxy) is 1. The highest BCUT2D eigenvalue weighted by molar-refractivity contribution is 5.82. The van der Waals surface area contributed by atoms with Crippen molar-refractivity contribution in [3.63, 3.8) is 0 Å². The fourth-order valence-electron chi connectivity index (χ4n) is 4.56. The van der Waals surface area contributed by atoms with Crippen LogP contribution in [0.25, 0.3) is 0 Å². The molecule has 1 heterocycles. The van der Waals surface area contributed by atoms with Gasteiger partial charge in [0.1, 0.15) is 0 Å². The lowest BCUT2D eigenvalue weighted by Gasteiger charge is -2.28. The summed E-state index contributed by atoms with van der Waals surface area (Å²) in [6.07, 6.45) is 9.51. The van der Waals surface area contributed by atoms with Crippen molar-refractivity contribution in [1.29, 1.82) is 0 Å². The van der Waals surface area contributed by atoms with Crippen molar-refractivity contribution in [1.82, 2.24) is 10.6 Å². The molecule has 3 aliphatic rings. The molecule has 0 spiro atoms. The van der Waals surface area contributed by atoms with Gasteiger partial charge in [0.2, 0.25) is 5.91 Å². The number of hydrogen-bond donors (Lipinski definition) is 2. The maximum Gasteiger partial charge on any atom is 0.308 e. The first-order chi connectivity index (χ1) is 11.2. The molecule has 5 nitrogen and oxygen atoms in total. The summed E-state index contributed by atoms with van der Waals surface area (Å²) in [6.45, 7) is 2.29. The van der Waals surface area contributed by atoms with Crippen molar-refractivity contribution in [2.75, 3.05) is 6.61 Å². The van der Waals surface area contributed by atoms with Gasteiger partial charge < -0.3 is 15.4 Å². The third kappa shape index (κ3) is 4.06. The second-order valence-electron chi connectivity index (χ2n) is 7.42. The maximum absolute atomic E-state index is 12.5. The third-order valence-corrected chi connectivity index (χ3v) is 5.87. The van der Waals surface area contributed by atoms with Crippen LogP contribution >= 0.6 is 0 Å². The number of hydrogen-bond acceptors (Lipinski definition) is 4. The fraction of sp³-hybridized carbons (Fsp3) is 0.889. The van der Waals surface area contributed by atoms with Crippen LogP contribution in [0.2, 0.25) is 0 Å². The highest BCUT2D eigenvalue weighted by atomic mass is 16.5. The van der Waals surface area contributed by atoms with Crippen LogP contribution in [0.4, 0.5) is 0 Å². The van der Waals surface area contributed by atoms with Gasteiger partial charge in [-0.3, -0.25) is 9.59 Å². The van der Waals surface area contributed by atoms with Crippen molar-refractivity contribution in [3.05, 3.63) is 0 Å². The molecule has 1 saturated heterocycles. The van der Waals surface area contributed by atoms with Gasteiger partial charge in [-0.25, -0.2) is 0 Å². The van der Waals surface area contributed by atoms with Crippen molar-refractivity contribution in [2.45, 2.75) is 82.8 Å². The van der Waals surface area contributed by atoms with Gasteiger partial charge >= 0.3 is 5.97 Å². The minimum atomic E-state index is -0.0705. The van der Waals surface area contributed by atoms with E-state index in [1.807, 2.05) is 6.92 Å². The predicted octanol–water partition coefficient (Wildman–Crippen LogP) is 2.15. The molecule has 3 fully saturated rings. The Morgan fingerprint density at radius 3 is 2.52 bits per heavy atom. The van der Waals surface area contributed by atoms with Crippen molar-refractivity contribution in [3.8, 4) is 0 Å². The zero-order valence-electron chi connectivity index (χ0n) is 14.2. The minimum absolute atomic E-state index is 0.00844. The van der Waals surface area contributed by atoms with Crippen LogP contribution in [-0.2, 0) is 14.3 Å². The summed E-state index contributed by atoms with van der Waals surface area (Å²) in [5, 5.41) is 6.75. The number of carbonyl (C=O) groups excluding carboxylic acids is 2. The van der Waals surface area contributed by atoms with Gasteiger partial charge in [-0.05, 0) is 57.8 Å². The summed E-state index contributed by atoms with van der Waals surface area (Å²) in [5.41, 5.74) is 0. The Morgan fingerprint density at radius 1 is 1.09 bits per heavy atom. The molecule has 3 unspecified atom stereocenters. The van der Waals surface area contributed by atoms with Crippen molar-refractivity contribution < 1.29 is 14.3 Å². The molecule has 0 aromatic rings. The highest BCUT2D eigenvalue weighted by Gasteiger charge is 2.39. The lowest BCUT2D eigenvalue weighted by molar-refractivity contribution is -0.149. The minimum Gasteiger partial charge on any atom is -0.466 e. The van der Waals surface area contributed by atoms with Gasteiger partial charge in [-0.1, -0.05) is 12.8 Å². The van der Waals surface area contributed by atoms with E-state index in [4.69, 9.17) is 4.74 Å². The van der Waals surface area contributed by atoms with E-state index in [9.17, 15) is 9.59 Å². The lowest BCUT2D eigenvalue weighted by Crippen LogP contribution is -2.48. The monoisotopic (exact) mass is 322 g/mol. The van der Waals surface area contributed by atoms with Crippen LogP contribution in [0.5, 0.6) is 0 Å². The summed E-state index contributed by atoms with van der Waals surface area (Å²) in [4.78, 5) is 24.3. The average Bonchev–Trinajstić information content (AvgIpc) is 3.00. The normalized spacial score (nSPS) is 37.0. The zero-order valence-corrected chi connectivity index (χ0v) is 14.2. The Balaban J connectivity index is 1.42. The first-order valence-corrected chi connectivity index (χ1v) is 9.40. The number of fused-ring (bicyclic) bond motifs is 1. The van der Waals surface area contributed by atoms with Crippen molar-refractivity contribution >= 4 is 11.9 Å². The molecule has 1 aliphatic heterocycles. The van der Waals surface area contributed by atoms with E-state index in [1.54, 1.807) is 0 Å². The molecule has 2 saturated carbocycles. The SMILES string of the molecule is CCOC(=O)C1CCC(NC(=O)C2CC3CCCCC3N2)CC1. The van der Waals surface area contributed by atoms with Gasteiger partial charge in [0, 0.05) is 12.1 Å². The molecule has 1 amide bonds. The second-order valence-corrected chi connectivity index (χ2v) is 7.42. The molecule has 0 aromatic heterocycles. The second kappa shape index (κ2) is 7.65. The molecule has 0 aromatic carbocycles. The number of rotatable bonds is 4. The average molecular weight is 322 g/mol. The number of amides is 1. The van der Waals surface area contributed by atoms with Crippen LogP contribution in [0.1, 0.15) is 64.7 Å². The van der Waals surface area contributed by atoms with Gasteiger partial charge in [0.05, 0.1) is 18.6 Å². The Labute approximate surface area is 138 Å². The molecular weight excluding hydrogens is 292 g/mol. The van der Waals surface area contributed by atoms with Gasteiger partial charge in [-0.15, -0.1) is 0 Å². The fourth-order valence-corrected chi connectivity index (χ4v) is 4.56. The number of carbonyl (C=O) groups is 2. The number of nitrogens with one attached hydrogen (secondary N) is 2. The largest absolute Gasteiger partial charge is 0.466 e. The molecule has 2 aliphatic carbocycles. The molecule has 5 heteroatoms. The quantitative estimate of drug-likeness (QED) is 0.778. The predicted molar refractivity (Wildman–Crippen MR) is 87.8 cm³/mol. The van der Waals surface area contributed by atoms with E-state index in [0.29, 0.717) is 18.6 Å². The van der Waals surface area contributed by atoms with Gasteiger partial charge in [0.25, 0.3) is 0 Å². The van der Waals surface area contributed by atoms with E-state index >= 15 is 0 Å². The Bertz CT molecular complexity index is 418. The highest BCUT2D eigenvalue weighted by Crippen LogP contribution is 2.33. The topological polar surface area (TPSA) is 67.4 Å². The summed E-state index contributed by atoms with van der Waals surface area (Å²) in [5.74, 6) is 0.812. The van der Waals surface area contributed by atoms with Gasteiger partial charge in [0.15, 0.2) is 0 Å². The molecule has 0 radical (unpaired) electrons. The summed E-state index contributed by atoms with van der Waals surface area (Å²) in [6, 6.07) is 0.766. The summed E-state index contributed by atoms with van der Waals surface area (Å²) in [7, 11) is 0. The van der Waals surface area contributed by atoms with E-state index in [2.05, 4.69) is 10.6 Å². The van der Waals surface area contributed by atoms with E-state index in [0.717, 1.165) is 32.1 Å². The molecule has 3 atom stereocenters. The standard InChI is InChI=1S/C18H30N2O3/c1-2-23-18(22)12-7-9-14(10-8-12)19-17(21)16-11-13-5-3-4-6-15(13)20-16/h12-16,20H,2-11H2,1H3,(H,19,21). The molecule has 2 N–H and O–H groups in total. The third-order valence-electron chi connectivity index (χ3n) is 5.87. The first-order valence-electron chi connectivity index (χ1n) is 9.40. The molecule has 130 valence electrons. The van der Waals surface area contributed by atoms with Crippen LogP contribution in [0.3, 0.4) is 0 Å². The van der Waals surface area contributed by atoms with E-state index in [1.165, 1.54) is 25.7 Å². The molecular formula is C18H30N2O3. The molecule has 3 rings (SSSR count). The Kier molecular flexibility index (Phi) is 5.57. The lowest BCUT2D eigenvalue weighted by atomic mass is 9.84. The Morgan fingerprint density at radius 2 is 1.83 bits per heavy atom. The zero-order chi connectivity index (χ0) is 16.2. The van der Waals surface area contributed by atoms with Crippen LogP contribution in [-0.4, -0.2) is 36.6 Å².